The van der Waals surface area contributed by atoms with E-state index in [1.165, 1.54) is 0 Å². The minimum Gasteiger partial charge on any atom is -0.450 e. The molecule has 4 nitrogen and oxygen atoms in total. The second kappa shape index (κ2) is 8.49. The molecule has 0 aromatic carbocycles. The topological polar surface area (TPSA) is 36.3 Å². The molecule has 0 saturated carbocycles. The minimum atomic E-state index is -1.06. The Balaban J connectivity index is 2.11. The summed E-state index contributed by atoms with van der Waals surface area (Å²) in [6.45, 7) is 12.5. The molecule has 134 valence electrons. The second-order valence-electron chi connectivity index (χ2n) is 7.35. The third-order valence-corrected chi connectivity index (χ3v) is 6.58. The van der Waals surface area contributed by atoms with Crippen molar-refractivity contribution in [3.05, 3.63) is 22.9 Å². The third kappa shape index (κ3) is 4.83. The number of fused-ring (bicyclic) bond motifs is 1. The Labute approximate surface area is 154 Å². The van der Waals surface area contributed by atoms with Crippen molar-refractivity contribution in [2.75, 3.05) is 13.4 Å². The van der Waals surface area contributed by atoms with Crippen LogP contribution in [-0.2, 0) is 4.74 Å². The van der Waals surface area contributed by atoms with Gasteiger partial charge >= 0.3 is 0 Å². The Hall–Kier alpha value is -0.853. The molecule has 0 aliphatic heterocycles. The predicted octanol–water partition coefficient (Wildman–Crippen LogP) is 5.85. The fourth-order valence-electron chi connectivity index (χ4n) is 2.76. The molecule has 24 heavy (non-hydrogen) atoms. The molecule has 0 unspecified atom stereocenters. The Morgan fingerprint density at radius 3 is 2.58 bits per heavy atom. The van der Waals surface area contributed by atoms with E-state index in [4.69, 9.17) is 9.47 Å². The van der Waals surface area contributed by atoms with Crippen LogP contribution in [0.3, 0.4) is 0 Å². The van der Waals surface area contributed by atoms with Gasteiger partial charge in [0, 0.05) is 37.6 Å². The highest BCUT2D eigenvalue weighted by Gasteiger charge is 2.17. The van der Waals surface area contributed by atoms with Crippen molar-refractivity contribution in [2.45, 2.75) is 58.4 Å². The molecule has 0 aliphatic rings. The average molecular weight is 413 g/mol. The zero-order valence-electron chi connectivity index (χ0n) is 15.4. The molecule has 2 heterocycles. The van der Waals surface area contributed by atoms with Gasteiger partial charge in [-0.2, -0.15) is 0 Å². The van der Waals surface area contributed by atoms with Crippen LogP contribution in [0.2, 0.25) is 25.7 Å². The number of rotatable bonds is 9. The van der Waals surface area contributed by atoms with E-state index in [0.29, 0.717) is 11.9 Å². The summed E-state index contributed by atoms with van der Waals surface area (Å²) in [6, 6.07) is 3.68. The molecular weight excluding hydrogens is 384 g/mol. The Morgan fingerprint density at radius 1 is 1.25 bits per heavy atom. The zero-order chi connectivity index (χ0) is 17.7. The van der Waals surface area contributed by atoms with E-state index >= 15 is 0 Å². The van der Waals surface area contributed by atoms with Crippen LogP contribution in [-0.4, -0.2) is 31.0 Å². The van der Waals surface area contributed by atoms with Gasteiger partial charge in [0.15, 0.2) is 6.79 Å². The van der Waals surface area contributed by atoms with Crippen LogP contribution in [0.4, 0.5) is 0 Å². The molecule has 0 aliphatic carbocycles. The lowest BCUT2D eigenvalue weighted by Crippen LogP contribution is -2.22. The molecule has 0 atom stereocenters. The lowest BCUT2D eigenvalue weighted by Gasteiger charge is -2.17. The Bertz CT molecular complexity index is 663. The van der Waals surface area contributed by atoms with Crippen molar-refractivity contribution in [3.8, 4) is 5.88 Å². The van der Waals surface area contributed by atoms with Gasteiger partial charge in [-0.15, -0.1) is 0 Å². The maximum atomic E-state index is 5.81. The fourth-order valence-corrected chi connectivity index (χ4v) is 4.11. The smallest absolute Gasteiger partial charge is 0.226 e. The Kier molecular flexibility index (Phi) is 6.89. The number of hydrogen-bond donors (Lipinski definition) is 0. The van der Waals surface area contributed by atoms with E-state index in [9.17, 15) is 0 Å². The lowest BCUT2D eigenvalue weighted by molar-refractivity contribution is 0.0203. The number of aromatic nitrogens is 2. The van der Waals surface area contributed by atoms with Crippen LogP contribution in [0.15, 0.2) is 22.9 Å². The van der Waals surface area contributed by atoms with Crippen LogP contribution >= 0.6 is 15.9 Å². The summed E-state index contributed by atoms with van der Waals surface area (Å²) in [5.41, 5.74) is 1.16. The van der Waals surface area contributed by atoms with Gasteiger partial charge in [-0.25, -0.2) is 4.98 Å². The molecule has 0 amide bonds. The van der Waals surface area contributed by atoms with Crippen molar-refractivity contribution in [2.24, 2.45) is 0 Å². The first-order chi connectivity index (χ1) is 11.4. The summed E-state index contributed by atoms with van der Waals surface area (Å²) in [5, 5.41) is 1.03. The van der Waals surface area contributed by atoms with Gasteiger partial charge in [0.2, 0.25) is 5.88 Å². The van der Waals surface area contributed by atoms with Gasteiger partial charge in [0.25, 0.3) is 0 Å². The molecule has 0 spiro atoms. The molecule has 2 aromatic heterocycles. The molecule has 0 fully saturated rings. The Morgan fingerprint density at radius 2 is 1.96 bits per heavy atom. The molecular formula is C18H29BrN2O2Si. The fraction of sp³-hybridized carbons (Fsp3) is 0.611. The summed E-state index contributed by atoms with van der Waals surface area (Å²) in [5.74, 6) is 0.636. The molecule has 2 aromatic rings. The largest absolute Gasteiger partial charge is 0.450 e. The second-order valence-corrected chi connectivity index (χ2v) is 13.8. The van der Waals surface area contributed by atoms with Gasteiger partial charge in [-0.3, -0.25) is 0 Å². The summed E-state index contributed by atoms with van der Waals surface area (Å²) >= 11 is 3.67. The van der Waals surface area contributed by atoms with Crippen LogP contribution in [0.25, 0.3) is 10.9 Å². The number of hydrogen-bond acceptors (Lipinski definition) is 3. The summed E-state index contributed by atoms with van der Waals surface area (Å²) < 4.78 is 14.8. The van der Waals surface area contributed by atoms with Gasteiger partial charge in [0.1, 0.15) is 0 Å². The number of ether oxygens (including phenoxy) is 2. The molecule has 2 rings (SSSR count). The summed E-state index contributed by atoms with van der Waals surface area (Å²) in [6.07, 6.45) is 6.16. The first kappa shape index (κ1) is 19.5. The van der Waals surface area contributed by atoms with Crippen molar-refractivity contribution in [1.82, 2.24) is 9.55 Å². The summed E-state index contributed by atoms with van der Waals surface area (Å²) in [4.78, 5) is 4.40. The van der Waals surface area contributed by atoms with Crippen molar-refractivity contribution in [3.63, 3.8) is 0 Å². The van der Waals surface area contributed by atoms with E-state index in [2.05, 4.69) is 71.2 Å². The number of pyridine rings is 1. The SMILES string of the molecule is CCC(CC)n1cc(Br)c2c(OCOCC[Si](C)(C)C)nccc21. The zero-order valence-corrected chi connectivity index (χ0v) is 18.0. The highest BCUT2D eigenvalue weighted by molar-refractivity contribution is 9.10. The maximum Gasteiger partial charge on any atom is 0.226 e. The van der Waals surface area contributed by atoms with Crippen LogP contribution in [0, 0.1) is 0 Å². The van der Waals surface area contributed by atoms with Crippen LogP contribution in [0.5, 0.6) is 5.88 Å². The van der Waals surface area contributed by atoms with Crippen LogP contribution in [0.1, 0.15) is 32.7 Å². The van der Waals surface area contributed by atoms with E-state index in [0.717, 1.165) is 40.9 Å². The van der Waals surface area contributed by atoms with Gasteiger partial charge in [0.05, 0.1) is 10.9 Å². The quantitative estimate of drug-likeness (QED) is 0.294. The number of halogens is 1. The molecule has 6 heteroatoms. The standard InChI is InChI=1S/C18H29BrN2O2Si/c1-6-14(7-2)21-12-15(19)17-16(21)8-9-20-18(17)23-13-22-10-11-24(3,4)5/h8-9,12,14H,6-7,10-11,13H2,1-5H3. The van der Waals surface area contributed by atoms with Gasteiger partial charge in [-0.05, 0) is 40.9 Å². The molecule has 0 bridgehead atoms. The normalized spacial score (nSPS) is 12.3. The van der Waals surface area contributed by atoms with Crippen LogP contribution < -0.4 is 4.74 Å². The summed E-state index contributed by atoms with van der Waals surface area (Å²) in [7, 11) is -1.06. The van der Waals surface area contributed by atoms with Gasteiger partial charge < -0.3 is 14.0 Å². The van der Waals surface area contributed by atoms with Crippen molar-refractivity contribution in [1.29, 1.82) is 0 Å². The number of nitrogens with zero attached hydrogens (tertiary/aromatic N) is 2. The first-order valence-electron chi connectivity index (χ1n) is 8.73. The van der Waals surface area contributed by atoms with Crippen molar-refractivity contribution >= 4 is 34.9 Å². The average Bonchev–Trinajstić information content (AvgIpc) is 2.85. The van der Waals surface area contributed by atoms with Gasteiger partial charge in [-0.1, -0.05) is 33.5 Å². The highest BCUT2D eigenvalue weighted by Crippen LogP contribution is 2.35. The van der Waals surface area contributed by atoms with E-state index in [-0.39, 0.29) is 6.79 Å². The van der Waals surface area contributed by atoms with E-state index < -0.39 is 8.07 Å². The first-order valence-corrected chi connectivity index (χ1v) is 13.2. The van der Waals surface area contributed by atoms with E-state index in [1.54, 1.807) is 0 Å². The molecule has 0 saturated heterocycles. The molecule has 0 radical (unpaired) electrons. The van der Waals surface area contributed by atoms with E-state index in [1.807, 2.05) is 6.20 Å². The van der Waals surface area contributed by atoms with Crippen molar-refractivity contribution < 1.29 is 9.47 Å². The highest BCUT2D eigenvalue weighted by atomic mass is 79.9. The maximum absolute atomic E-state index is 5.81. The molecule has 0 N–H and O–H groups in total. The predicted molar refractivity (Wildman–Crippen MR) is 107 cm³/mol. The lowest BCUT2D eigenvalue weighted by atomic mass is 10.1. The minimum absolute atomic E-state index is 0.249. The third-order valence-electron chi connectivity index (χ3n) is 4.27. The monoisotopic (exact) mass is 412 g/mol.